The molecule has 10 heteroatoms. The highest BCUT2D eigenvalue weighted by Crippen LogP contribution is 2.33. The summed E-state index contributed by atoms with van der Waals surface area (Å²) >= 11 is 1.42. The Morgan fingerprint density at radius 1 is 0.974 bits per heavy atom. The zero-order chi connectivity index (χ0) is 27.4. The molecule has 6 nitrogen and oxygen atoms in total. The Kier molecular flexibility index (Phi) is 7.94. The van der Waals surface area contributed by atoms with E-state index in [4.69, 9.17) is 14.7 Å². The first kappa shape index (κ1) is 26.8. The van der Waals surface area contributed by atoms with Crippen molar-refractivity contribution in [1.82, 2.24) is 14.9 Å². The molecule has 39 heavy (non-hydrogen) atoms. The van der Waals surface area contributed by atoms with Crippen molar-refractivity contribution in [1.29, 1.82) is 0 Å². The van der Waals surface area contributed by atoms with E-state index in [0.717, 1.165) is 11.6 Å². The fourth-order valence-electron chi connectivity index (χ4n) is 4.67. The fourth-order valence-corrected chi connectivity index (χ4v) is 5.36. The van der Waals surface area contributed by atoms with Crippen LogP contribution in [0.2, 0.25) is 0 Å². The predicted molar refractivity (Wildman–Crippen MR) is 145 cm³/mol. The highest BCUT2D eigenvalue weighted by molar-refractivity contribution is 7.12. The van der Waals surface area contributed by atoms with Crippen molar-refractivity contribution in [2.45, 2.75) is 19.2 Å². The van der Waals surface area contributed by atoms with Gasteiger partial charge in [0.05, 0.1) is 22.7 Å². The summed E-state index contributed by atoms with van der Waals surface area (Å²) in [5.41, 5.74) is 1.97. The molecule has 0 N–H and O–H groups in total. The molecule has 1 fully saturated rings. The molecular formula is C29H27F3N4O2S. The van der Waals surface area contributed by atoms with Gasteiger partial charge in [-0.25, -0.2) is 9.97 Å². The number of halogens is 3. The van der Waals surface area contributed by atoms with Gasteiger partial charge >= 0.3 is 6.18 Å². The number of methoxy groups -OCH3 is 1. The first-order valence-corrected chi connectivity index (χ1v) is 13.4. The highest BCUT2D eigenvalue weighted by atomic mass is 32.1. The number of thiophene rings is 1. The molecule has 0 atom stereocenters. The van der Waals surface area contributed by atoms with Crippen LogP contribution in [0.3, 0.4) is 0 Å². The van der Waals surface area contributed by atoms with Gasteiger partial charge < -0.3 is 14.5 Å². The molecule has 0 aliphatic carbocycles. The van der Waals surface area contributed by atoms with Gasteiger partial charge in [0.2, 0.25) is 0 Å². The van der Waals surface area contributed by atoms with Crippen molar-refractivity contribution in [2.24, 2.45) is 0 Å². The van der Waals surface area contributed by atoms with Gasteiger partial charge in [0, 0.05) is 50.8 Å². The van der Waals surface area contributed by atoms with E-state index in [1.807, 2.05) is 52.7 Å². The van der Waals surface area contributed by atoms with Crippen LogP contribution in [-0.4, -0.2) is 54.1 Å². The lowest BCUT2D eigenvalue weighted by atomic mass is 10.0. The van der Waals surface area contributed by atoms with Gasteiger partial charge in [0.1, 0.15) is 5.82 Å². The third kappa shape index (κ3) is 6.12. The average molecular weight is 553 g/mol. The van der Waals surface area contributed by atoms with Crippen molar-refractivity contribution in [3.63, 3.8) is 0 Å². The number of hydrogen-bond acceptors (Lipinski definition) is 6. The minimum atomic E-state index is -4.44. The van der Waals surface area contributed by atoms with Gasteiger partial charge in [-0.05, 0) is 23.1 Å². The smallest absolute Gasteiger partial charge is 0.378 e. The van der Waals surface area contributed by atoms with Crippen molar-refractivity contribution in [3.8, 4) is 11.4 Å². The number of amides is 1. The molecule has 0 unspecified atom stereocenters. The number of rotatable bonds is 7. The lowest BCUT2D eigenvalue weighted by molar-refractivity contribution is -0.137. The number of ether oxygens (including phenoxy) is 1. The van der Waals surface area contributed by atoms with Crippen LogP contribution in [0.5, 0.6) is 0 Å². The molecule has 2 aromatic heterocycles. The zero-order valence-corrected chi connectivity index (χ0v) is 22.1. The molecule has 2 aromatic carbocycles. The second-order valence-corrected chi connectivity index (χ2v) is 10.2. The molecule has 0 spiro atoms. The molecule has 4 aromatic rings. The van der Waals surface area contributed by atoms with Crippen LogP contribution in [0, 0.1) is 0 Å². The van der Waals surface area contributed by atoms with E-state index in [1.165, 1.54) is 23.5 Å². The van der Waals surface area contributed by atoms with E-state index >= 15 is 0 Å². The second kappa shape index (κ2) is 11.5. The number of piperazine rings is 1. The molecule has 1 aliphatic heterocycles. The van der Waals surface area contributed by atoms with Crippen LogP contribution >= 0.6 is 11.3 Å². The van der Waals surface area contributed by atoms with Crippen molar-refractivity contribution in [2.75, 3.05) is 38.2 Å². The van der Waals surface area contributed by atoms with Crippen LogP contribution in [-0.2, 0) is 23.9 Å². The maximum absolute atomic E-state index is 13.4. The summed E-state index contributed by atoms with van der Waals surface area (Å²) < 4.78 is 45.8. The van der Waals surface area contributed by atoms with E-state index < -0.39 is 11.7 Å². The van der Waals surface area contributed by atoms with Gasteiger partial charge in [-0.2, -0.15) is 13.2 Å². The van der Waals surface area contributed by atoms with Crippen LogP contribution in [0.25, 0.3) is 11.4 Å². The summed E-state index contributed by atoms with van der Waals surface area (Å²) in [5.74, 6) is 1.17. The Morgan fingerprint density at radius 2 is 1.74 bits per heavy atom. The Balaban J connectivity index is 1.52. The summed E-state index contributed by atoms with van der Waals surface area (Å²) in [6, 6.07) is 18.6. The third-order valence-corrected chi connectivity index (χ3v) is 7.48. The van der Waals surface area contributed by atoms with E-state index in [0.29, 0.717) is 59.5 Å². The number of nitrogens with zero attached hydrogens (tertiary/aromatic N) is 4. The molecule has 0 saturated carbocycles. The number of anilines is 1. The largest absolute Gasteiger partial charge is 0.416 e. The van der Waals surface area contributed by atoms with E-state index in [9.17, 15) is 18.0 Å². The molecular weight excluding hydrogens is 525 g/mol. The molecule has 0 bridgehead atoms. The van der Waals surface area contributed by atoms with Crippen molar-refractivity contribution < 1.29 is 22.7 Å². The predicted octanol–water partition coefficient (Wildman–Crippen LogP) is 5.92. The van der Waals surface area contributed by atoms with E-state index in [-0.39, 0.29) is 18.9 Å². The second-order valence-electron chi connectivity index (χ2n) is 9.23. The van der Waals surface area contributed by atoms with E-state index in [2.05, 4.69) is 4.90 Å². The number of hydrogen-bond donors (Lipinski definition) is 0. The quantitative estimate of drug-likeness (QED) is 0.285. The zero-order valence-electron chi connectivity index (χ0n) is 21.3. The normalized spacial score (nSPS) is 14.1. The summed E-state index contributed by atoms with van der Waals surface area (Å²) in [5, 5.41) is 1.88. The topological polar surface area (TPSA) is 58.6 Å². The first-order chi connectivity index (χ1) is 18.8. The standard InChI is InChI=1S/C29H27F3N4O2S/c1-38-19-24-23(18-20-7-5-10-22(17-20)29(30,31)32)27(34-26(33-24)21-8-3-2-4-9-21)35-12-14-36(15-13-35)28(37)25-11-6-16-39-25/h2-11,16-17H,12-15,18-19H2,1H3. The molecule has 1 saturated heterocycles. The van der Waals surface area contributed by atoms with Gasteiger partial charge in [0.15, 0.2) is 5.82 Å². The maximum atomic E-state index is 13.4. The number of benzene rings is 2. The third-order valence-electron chi connectivity index (χ3n) is 6.62. The monoisotopic (exact) mass is 552 g/mol. The Morgan fingerprint density at radius 3 is 2.41 bits per heavy atom. The minimum Gasteiger partial charge on any atom is -0.378 e. The van der Waals surface area contributed by atoms with Gasteiger partial charge in [-0.1, -0.05) is 54.6 Å². The molecule has 1 aliphatic rings. The van der Waals surface area contributed by atoms with Crippen LogP contribution < -0.4 is 4.90 Å². The number of aromatic nitrogens is 2. The fraction of sp³-hybridized carbons (Fsp3) is 0.276. The molecule has 0 radical (unpaired) electrons. The van der Waals surface area contributed by atoms with Crippen LogP contribution in [0.4, 0.5) is 19.0 Å². The van der Waals surface area contributed by atoms with Crippen LogP contribution in [0.1, 0.15) is 32.1 Å². The summed E-state index contributed by atoms with van der Waals surface area (Å²) in [7, 11) is 1.56. The summed E-state index contributed by atoms with van der Waals surface area (Å²) in [4.78, 5) is 27.2. The Hall–Kier alpha value is -3.76. The number of alkyl halides is 3. The lowest BCUT2D eigenvalue weighted by Crippen LogP contribution is -2.49. The Bertz CT molecular complexity index is 1420. The minimum absolute atomic E-state index is 0.00146. The number of carbonyl (C=O) groups is 1. The van der Waals surface area contributed by atoms with Gasteiger partial charge in [-0.3, -0.25) is 4.79 Å². The first-order valence-electron chi connectivity index (χ1n) is 12.5. The highest BCUT2D eigenvalue weighted by Gasteiger charge is 2.31. The molecule has 5 rings (SSSR count). The van der Waals surface area contributed by atoms with Gasteiger partial charge in [-0.15, -0.1) is 11.3 Å². The lowest BCUT2D eigenvalue weighted by Gasteiger charge is -2.36. The average Bonchev–Trinajstić information content (AvgIpc) is 3.49. The summed E-state index contributed by atoms with van der Waals surface area (Å²) in [6.07, 6.45) is -4.23. The van der Waals surface area contributed by atoms with Crippen LogP contribution in [0.15, 0.2) is 72.1 Å². The van der Waals surface area contributed by atoms with E-state index in [1.54, 1.807) is 13.2 Å². The molecule has 1 amide bonds. The van der Waals surface area contributed by atoms with Gasteiger partial charge in [0.25, 0.3) is 5.91 Å². The maximum Gasteiger partial charge on any atom is 0.416 e. The Labute approximate surface area is 228 Å². The summed E-state index contributed by atoms with van der Waals surface area (Å²) in [6.45, 7) is 2.25. The van der Waals surface area contributed by atoms with Crippen molar-refractivity contribution in [3.05, 3.63) is 99.4 Å². The van der Waals surface area contributed by atoms with Crippen molar-refractivity contribution >= 4 is 23.1 Å². The molecule has 3 heterocycles. The number of carbonyl (C=O) groups excluding carboxylic acids is 1. The SMILES string of the molecule is COCc1nc(-c2ccccc2)nc(N2CCN(C(=O)c3cccs3)CC2)c1Cc1cccc(C(F)(F)F)c1. The molecule has 202 valence electrons.